The number of benzene rings is 1. The molecule has 1 aromatic carbocycles. The summed E-state index contributed by atoms with van der Waals surface area (Å²) in [5.74, 6) is 0.856. The Kier molecular flexibility index (Phi) is 7.87. The number of carbonyl (C=O) groups is 2. The van der Waals surface area contributed by atoms with Gasteiger partial charge in [-0.15, -0.1) is 0 Å². The quantitative estimate of drug-likeness (QED) is 0.652. The van der Waals surface area contributed by atoms with Gasteiger partial charge in [0, 0.05) is 37.7 Å². The third-order valence-corrected chi connectivity index (χ3v) is 6.27. The fourth-order valence-electron chi connectivity index (χ4n) is 3.83. The number of nitrogens with one attached hydrogen (secondary N) is 1. The van der Waals surface area contributed by atoms with Crippen LogP contribution in [0.25, 0.3) is 5.69 Å². The summed E-state index contributed by atoms with van der Waals surface area (Å²) in [6, 6.07) is 6.39. The molecule has 0 aliphatic carbocycles. The molecule has 0 bridgehead atoms. The number of aromatic nitrogens is 2. The highest BCUT2D eigenvalue weighted by Crippen LogP contribution is 2.24. The van der Waals surface area contributed by atoms with Gasteiger partial charge in [-0.2, -0.15) is 0 Å². The molecule has 1 aliphatic heterocycles. The maximum absolute atomic E-state index is 12.8. The zero-order valence-electron chi connectivity index (χ0n) is 19.7. The smallest absolute Gasteiger partial charge is 0.407 e. The molecule has 8 heteroatoms. The third kappa shape index (κ3) is 7.02. The molecule has 1 fully saturated rings. The average molecular weight is 459 g/mol. The summed E-state index contributed by atoms with van der Waals surface area (Å²) in [6.45, 7) is 11.7. The number of likely N-dealkylation sites (tertiary alicyclic amines) is 1. The molecule has 0 radical (unpaired) electrons. The van der Waals surface area contributed by atoms with Crippen molar-refractivity contribution < 1.29 is 14.3 Å². The van der Waals surface area contributed by atoms with E-state index in [1.807, 2.05) is 36.4 Å². The van der Waals surface area contributed by atoms with E-state index in [0.717, 1.165) is 23.7 Å². The standard InChI is InChI=1S/C24H34N4O3S/c1-17-12-18(2)14-20(13-17)28-11-8-25-22(28)32-16-21(29)27-9-6-19(7-10-27)15-26-23(30)31-24(3,4)5/h8,11-14,19H,6-7,9-10,15-16H2,1-5H3,(H,26,30). The van der Waals surface area contributed by atoms with Crippen LogP contribution in [0.5, 0.6) is 0 Å². The Labute approximate surface area is 194 Å². The van der Waals surface area contributed by atoms with Crippen LogP contribution < -0.4 is 5.32 Å². The minimum atomic E-state index is -0.496. The number of aryl methyl sites for hydroxylation is 2. The highest BCUT2D eigenvalue weighted by atomic mass is 32.2. The lowest BCUT2D eigenvalue weighted by Gasteiger charge is -2.32. The van der Waals surface area contributed by atoms with Crippen LogP contribution in [0.3, 0.4) is 0 Å². The molecule has 1 aliphatic rings. The molecule has 7 nitrogen and oxygen atoms in total. The molecule has 3 rings (SSSR count). The number of ether oxygens (including phenoxy) is 1. The zero-order chi connectivity index (χ0) is 23.3. The first-order valence-electron chi connectivity index (χ1n) is 11.1. The first-order chi connectivity index (χ1) is 15.1. The zero-order valence-corrected chi connectivity index (χ0v) is 20.5. The van der Waals surface area contributed by atoms with Gasteiger partial charge in [-0.1, -0.05) is 17.8 Å². The van der Waals surface area contributed by atoms with E-state index < -0.39 is 5.60 Å². The van der Waals surface area contributed by atoms with Crippen molar-refractivity contribution in [2.75, 3.05) is 25.4 Å². The maximum Gasteiger partial charge on any atom is 0.407 e. The number of thioether (sulfide) groups is 1. The SMILES string of the molecule is Cc1cc(C)cc(-n2ccnc2SCC(=O)N2CCC(CNC(=O)OC(C)(C)C)CC2)c1. The van der Waals surface area contributed by atoms with Crippen LogP contribution in [0.2, 0.25) is 0 Å². The molecule has 1 saturated heterocycles. The fraction of sp³-hybridized carbons (Fsp3) is 0.542. The summed E-state index contributed by atoms with van der Waals surface area (Å²) in [5, 5.41) is 3.67. The Morgan fingerprint density at radius 1 is 1.16 bits per heavy atom. The summed E-state index contributed by atoms with van der Waals surface area (Å²) in [6.07, 6.45) is 5.08. The van der Waals surface area contributed by atoms with Gasteiger partial charge in [-0.25, -0.2) is 9.78 Å². The van der Waals surface area contributed by atoms with Crippen molar-refractivity contribution in [3.05, 3.63) is 41.7 Å². The summed E-state index contributed by atoms with van der Waals surface area (Å²) in [4.78, 5) is 31.0. The number of rotatable bonds is 6. The number of nitrogens with zero attached hydrogens (tertiary/aromatic N) is 3. The van der Waals surface area contributed by atoms with Crippen LogP contribution in [-0.4, -0.2) is 57.4 Å². The summed E-state index contributed by atoms with van der Waals surface area (Å²) in [5.41, 5.74) is 2.97. The Morgan fingerprint density at radius 2 is 1.81 bits per heavy atom. The lowest BCUT2D eigenvalue weighted by atomic mass is 9.97. The van der Waals surface area contributed by atoms with Crippen molar-refractivity contribution >= 4 is 23.8 Å². The number of amides is 2. The van der Waals surface area contributed by atoms with Gasteiger partial charge in [-0.05, 0) is 76.6 Å². The molecule has 2 aromatic rings. The molecular formula is C24H34N4O3S. The van der Waals surface area contributed by atoms with E-state index in [0.29, 0.717) is 31.3 Å². The number of hydrogen-bond donors (Lipinski definition) is 1. The average Bonchev–Trinajstić information content (AvgIpc) is 3.17. The Morgan fingerprint density at radius 3 is 2.44 bits per heavy atom. The molecule has 2 amide bonds. The van der Waals surface area contributed by atoms with Gasteiger partial charge in [-0.3, -0.25) is 9.36 Å². The predicted molar refractivity (Wildman–Crippen MR) is 127 cm³/mol. The maximum atomic E-state index is 12.8. The first kappa shape index (κ1) is 24.2. The van der Waals surface area contributed by atoms with Crippen LogP contribution in [0, 0.1) is 19.8 Å². The van der Waals surface area contributed by atoms with Crippen molar-refractivity contribution in [1.82, 2.24) is 19.8 Å². The van der Waals surface area contributed by atoms with Crippen LogP contribution in [0.4, 0.5) is 4.79 Å². The van der Waals surface area contributed by atoms with E-state index in [9.17, 15) is 9.59 Å². The van der Waals surface area contributed by atoms with E-state index >= 15 is 0 Å². The molecule has 0 saturated carbocycles. The van der Waals surface area contributed by atoms with Crippen molar-refractivity contribution in [2.24, 2.45) is 5.92 Å². The van der Waals surface area contributed by atoms with Crippen molar-refractivity contribution in [3.63, 3.8) is 0 Å². The summed E-state index contributed by atoms with van der Waals surface area (Å²) < 4.78 is 7.32. The molecule has 0 spiro atoms. The van der Waals surface area contributed by atoms with Gasteiger partial charge in [0.1, 0.15) is 5.60 Å². The number of piperidine rings is 1. The van der Waals surface area contributed by atoms with E-state index in [2.05, 4.69) is 42.3 Å². The van der Waals surface area contributed by atoms with Gasteiger partial charge in [0.25, 0.3) is 0 Å². The number of hydrogen-bond acceptors (Lipinski definition) is 5. The van der Waals surface area contributed by atoms with Crippen molar-refractivity contribution in [2.45, 2.75) is 58.2 Å². The van der Waals surface area contributed by atoms with E-state index in [-0.39, 0.29) is 12.0 Å². The number of imidazole rings is 1. The molecule has 0 unspecified atom stereocenters. The Hall–Kier alpha value is -2.48. The third-order valence-electron chi connectivity index (χ3n) is 5.32. The van der Waals surface area contributed by atoms with Gasteiger partial charge in [0.2, 0.25) is 5.91 Å². The Bertz CT molecular complexity index is 923. The first-order valence-corrected chi connectivity index (χ1v) is 12.1. The summed E-state index contributed by atoms with van der Waals surface area (Å²) in [7, 11) is 0. The van der Waals surface area contributed by atoms with Crippen molar-refractivity contribution in [1.29, 1.82) is 0 Å². The van der Waals surface area contributed by atoms with E-state index in [1.54, 1.807) is 6.20 Å². The van der Waals surface area contributed by atoms with Gasteiger partial charge in [0.05, 0.1) is 5.75 Å². The minimum absolute atomic E-state index is 0.128. The molecule has 32 heavy (non-hydrogen) atoms. The van der Waals surface area contributed by atoms with Crippen LogP contribution >= 0.6 is 11.8 Å². The van der Waals surface area contributed by atoms with Gasteiger partial charge < -0.3 is 15.0 Å². The van der Waals surface area contributed by atoms with Crippen LogP contribution in [-0.2, 0) is 9.53 Å². The molecule has 174 valence electrons. The molecule has 2 heterocycles. The van der Waals surface area contributed by atoms with E-state index in [1.165, 1.54) is 22.9 Å². The summed E-state index contributed by atoms with van der Waals surface area (Å²) >= 11 is 1.47. The lowest BCUT2D eigenvalue weighted by Crippen LogP contribution is -2.43. The monoisotopic (exact) mass is 458 g/mol. The van der Waals surface area contributed by atoms with Crippen LogP contribution in [0.1, 0.15) is 44.7 Å². The van der Waals surface area contributed by atoms with Gasteiger partial charge in [0.15, 0.2) is 5.16 Å². The number of alkyl carbamates (subject to hydrolysis) is 1. The largest absolute Gasteiger partial charge is 0.444 e. The second-order valence-electron chi connectivity index (χ2n) is 9.42. The minimum Gasteiger partial charge on any atom is -0.444 e. The second kappa shape index (κ2) is 10.4. The molecular weight excluding hydrogens is 424 g/mol. The number of carbonyl (C=O) groups excluding carboxylic acids is 2. The lowest BCUT2D eigenvalue weighted by molar-refractivity contribution is -0.129. The molecule has 1 N–H and O–H groups in total. The molecule has 0 atom stereocenters. The topological polar surface area (TPSA) is 76.5 Å². The second-order valence-corrected chi connectivity index (χ2v) is 10.4. The Balaban J connectivity index is 1.45. The van der Waals surface area contributed by atoms with Crippen molar-refractivity contribution in [3.8, 4) is 5.69 Å². The highest BCUT2D eigenvalue weighted by molar-refractivity contribution is 7.99. The fourth-order valence-corrected chi connectivity index (χ4v) is 4.70. The predicted octanol–water partition coefficient (Wildman–Crippen LogP) is 4.34. The van der Waals surface area contributed by atoms with Gasteiger partial charge >= 0.3 is 6.09 Å². The highest BCUT2D eigenvalue weighted by Gasteiger charge is 2.24. The van der Waals surface area contributed by atoms with E-state index in [4.69, 9.17) is 4.74 Å². The van der Waals surface area contributed by atoms with Crippen LogP contribution in [0.15, 0.2) is 35.7 Å². The normalized spacial score (nSPS) is 15.0. The molecule has 1 aromatic heterocycles.